The van der Waals surface area contributed by atoms with E-state index in [1.165, 1.54) is 0 Å². The molecule has 1 heterocycles. The third kappa shape index (κ3) is 3.17. The molecule has 1 aromatic carbocycles. The Morgan fingerprint density at radius 3 is 2.50 bits per heavy atom. The molecule has 0 radical (unpaired) electrons. The quantitative estimate of drug-likeness (QED) is 0.824. The van der Waals surface area contributed by atoms with Crippen LogP contribution in [-0.4, -0.2) is 25.0 Å². The molecule has 0 atom stereocenters. The van der Waals surface area contributed by atoms with Gasteiger partial charge in [0.25, 0.3) is 0 Å². The zero-order valence-corrected chi connectivity index (χ0v) is 9.43. The zero-order chi connectivity index (χ0) is 11.4. The zero-order valence-electron chi connectivity index (χ0n) is 9.43. The van der Waals surface area contributed by atoms with Gasteiger partial charge in [-0.1, -0.05) is 36.4 Å². The van der Waals surface area contributed by atoms with Crippen molar-refractivity contribution < 1.29 is 9.47 Å². The molecule has 0 saturated carbocycles. The van der Waals surface area contributed by atoms with Crippen molar-refractivity contribution in [1.29, 1.82) is 0 Å². The number of hydrogen-bond donors (Lipinski definition) is 1. The first-order chi connectivity index (χ1) is 7.66. The molecule has 3 heteroatoms. The predicted molar refractivity (Wildman–Crippen MR) is 63.8 cm³/mol. The Hall–Kier alpha value is -1.16. The van der Waals surface area contributed by atoms with Crippen LogP contribution in [0.15, 0.2) is 36.4 Å². The van der Waals surface area contributed by atoms with Crippen molar-refractivity contribution in [3.05, 3.63) is 42.0 Å². The molecule has 0 amide bonds. The highest BCUT2D eigenvalue weighted by Crippen LogP contribution is 2.14. The van der Waals surface area contributed by atoms with Crippen LogP contribution in [0.1, 0.15) is 12.5 Å². The standard InChI is InChI=1S/C13H17NO2/c1-13(14)9-15-12(16-10-13)8-7-11-5-3-2-4-6-11/h2-8,12H,9-10,14H2,1H3. The Morgan fingerprint density at radius 1 is 1.25 bits per heavy atom. The molecule has 1 saturated heterocycles. The van der Waals surface area contributed by atoms with E-state index in [1.54, 1.807) is 0 Å². The minimum Gasteiger partial charge on any atom is -0.347 e. The van der Waals surface area contributed by atoms with Gasteiger partial charge in [-0.2, -0.15) is 0 Å². The third-order valence-electron chi connectivity index (χ3n) is 2.40. The highest BCUT2D eigenvalue weighted by Gasteiger charge is 2.27. The molecular weight excluding hydrogens is 202 g/mol. The lowest BCUT2D eigenvalue weighted by molar-refractivity contribution is -0.177. The highest BCUT2D eigenvalue weighted by molar-refractivity contribution is 5.48. The van der Waals surface area contributed by atoms with Gasteiger partial charge in [0.1, 0.15) is 0 Å². The number of benzene rings is 1. The highest BCUT2D eigenvalue weighted by atomic mass is 16.7. The first-order valence-electron chi connectivity index (χ1n) is 5.41. The largest absolute Gasteiger partial charge is 0.347 e. The molecule has 1 aromatic rings. The number of hydrogen-bond acceptors (Lipinski definition) is 3. The fraction of sp³-hybridized carbons (Fsp3) is 0.385. The van der Waals surface area contributed by atoms with Crippen LogP contribution < -0.4 is 5.73 Å². The summed E-state index contributed by atoms with van der Waals surface area (Å²) >= 11 is 0. The van der Waals surface area contributed by atoms with Crippen LogP contribution in [0.2, 0.25) is 0 Å². The maximum atomic E-state index is 5.87. The van der Waals surface area contributed by atoms with Crippen LogP contribution in [0.4, 0.5) is 0 Å². The van der Waals surface area contributed by atoms with Gasteiger partial charge < -0.3 is 15.2 Å². The third-order valence-corrected chi connectivity index (χ3v) is 2.40. The second kappa shape index (κ2) is 4.78. The SMILES string of the molecule is CC1(N)COC(C=Cc2ccccc2)OC1. The first-order valence-corrected chi connectivity index (χ1v) is 5.41. The van der Waals surface area contributed by atoms with E-state index in [0.717, 1.165) is 5.56 Å². The summed E-state index contributed by atoms with van der Waals surface area (Å²) in [4.78, 5) is 0. The van der Waals surface area contributed by atoms with E-state index >= 15 is 0 Å². The van der Waals surface area contributed by atoms with E-state index < -0.39 is 0 Å². The van der Waals surface area contributed by atoms with Crippen molar-refractivity contribution in [3.8, 4) is 0 Å². The second-order valence-electron chi connectivity index (χ2n) is 4.41. The molecule has 16 heavy (non-hydrogen) atoms. The van der Waals surface area contributed by atoms with E-state index in [1.807, 2.05) is 49.4 Å². The van der Waals surface area contributed by atoms with Crippen LogP contribution >= 0.6 is 0 Å². The van der Waals surface area contributed by atoms with E-state index in [4.69, 9.17) is 15.2 Å². The fourth-order valence-corrected chi connectivity index (χ4v) is 1.50. The van der Waals surface area contributed by atoms with Crippen molar-refractivity contribution in [1.82, 2.24) is 0 Å². The Bertz CT molecular complexity index is 349. The monoisotopic (exact) mass is 219 g/mol. The molecule has 0 bridgehead atoms. The summed E-state index contributed by atoms with van der Waals surface area (Å²) < 4.78 is 11.0. The van der Waals surface area contributed by atoms with Crippen LogP contribution in [0, 0.1) is 0 Å². The lowest BCUT2D eigenvalue weighted by atomic mass is 10.1. The second-order valence-corrected chi connectivity index (χ2v) is 4.41. The summed E-state index contributed by atoms with van der Waals surface area (Å²) in [7, 11) is 0. The molecule has 0 spiro atoms. The van der Waals surface area contributed by atoms with Crippen molar-refractivity contribution in [2.24, 2.45) is 5.73 Å². The molecule has 86 valence electrons. The number of nitrogens with two attached hydrogens (primary N) is 1. The van der Waals surface area contributed by atoms with Gasteiger partial charge in [0, 0.05) is 0 Å². The molecule has 2 rings (SSSR count). The van der Waals surface area contributed by atoms with Crippen LogP contribution in [0.5, 0.6) is 0 Å². The minimum atomic E-state index is -0.364. The normalized spacial score (nSPS) is 30.8. The molecule has 1 aliphatic rings. The molecule has 3 nitrogen and oxygen atoms in total. The molecule has 1 fully saturated rings. The average Bonchev–Trinajstić information content (AvgIpc) is 2.29. The number of rotatable bonds is 2. The van der Waals surface area contributed by atoms with E-state index in [9.17, 15) is 0 Å². The van der Waals surface area contributed by atoms with Gasteiger partial charge in [-0.05, 0) is 18.6 Å². The molecular formula is C13H17NO2. The van der Waals surface area contributed by atoms with E-state index in [2.05, 4.69) is 0 Å². The summed E-state index contributed by atoms with van der Waals surface area (Å²) in [6, 6.07) is 10.1. The van der Waals surface area contributed by atoms with Gasteiger partial charge in [0.2, 0.25) is 0 Å². The average molecular weight is 219 g/mol. The molecule has 0 aliphatic carbocycles. The molecule has 1 aliphatic heterocycles. The lowest BCUT2D eigenvalue weighted by Crippen LogP contribution is -2.51. The minimum absolute atomic E-state index is 0.281. The Morgan fingerprint density at radius 2 is 1.88 bits per heavy atom. The molecule has 0 unspecified atom stereocenters. The smallest absolute Gasteiger partial charge is 0.177 e. The van der Waals surface area contributed by atoms with Gasteiger partial charge in [-0.25, -0.2) is 0 Å². The van der Waals surface area contributed by atoms with Gasteiger partial charge in [0.05, 0.1) is 18.8 Å². The van der Waals surface area contributed by atoms with Crippen LogP contribution in [0.25, 0.3) is 6.08 Å². The maximum Gasteiger partial charge on any atom is 0.177 e. The summed E-state index contributed by atoms with van der Waals surface area (Å²) in [6.07, 6.45) is 3.62. The summed E-state index contributed by atoms with van der Waals surface area (Å²) in [5, 5.41) is 0. The summed E-state index contributed by atoms with van der Waals surface area (Å²) in [5.41, 5.74) is 6.64. The van der Waals surface area contributed by atoms with E-state index in [-0.39, 0.29) is 11.8 Å². The predicted octanol–water partition coefficient (Wildman–Crippen LogP) is 1.79. The van der Waals surface area contributed by atoms with Gasteiger partial charge in [-0.15, -0.1) is 0 Å². The maximum absolute atomic E-state index is 5.87. The van der Waals surface area contributed by atoms with Gasteiger partial charge >= 0.3 is 0 Å². The van der Waals surface area contributed by atoms with Crippen LogP contribution in [-0.2, 0) is 9.47 Å². The van der Waals surface area contributed by atoms with E-state index in [0.29, 0.717) is 13.2 Å². The van der Waals surface area contributed by atoms with Crippen molar-refractivity contribution in [2.45, 2.75) is 18.8 Å². The Labute approximate surface area is 95.9 Å². The lowest BCUT2D eigenvalue weighted by Gasteiger charge is -2.33. The Kier molecular flexibility index (Phi) is 3.39. The van der Waals surface area contributed by atoms with Gasteiger partial charge in [-0.3, -0.25) is 0 Å². The molecule has 0 aromatic heterocycles. The number of ether oxygens (including phenoxy) is 2. The molecule has 2 N–H and O–H groups in total. The summed E-state index contributed by atoms with van der Waals surface area (Å²) in [5.74, 6) is 0. The van der Waals surface area contributed by atoms with Crippen molar-refractivity contribution >= 4 is 6.08 Å². The first kappa shape index (κ1) is 11.3. The van der Waals surface area contributed by atoms with Crippen LogP contribution in [0.3, 0.4) is 0 Å². The van der Waals surface area contributed by atoms with Crippen molar-refractivity contribution in [2.75, 3.05) is 13.2 Å². The Balaban J connectivity index is 1.90. The fourth-order valence-electron chi connectivity index (χ4n) is 1.50. The summed E-state index contributed by atoms with van der Waals surface area (Å²) in [6.45, 7) is 2.97. The van der Waals surface area contributed by atoms with Crippen molar-refractivity contribution in [3.63, 3.8) is 0 Å². The topological polar surface area (TPSA) is 44.5 Å². The van der Waals surface area contributed by atoms with Gasteiger partial charge in [0.15, 0.2) is 6.29 Å².